The van der Waals surface area contributed by atoms with E-state index in [0.717, 1.165) is 15.4 Å². The highest BCUT2D eigenvalue weighted by Crippen LogP contribution is 2.37. The van der Waals surface area contributed by atoms with Crippen LogP contribution in [-0.4, -0.2) is 72.2 Å². The smallest absolute Gasteiger partial charge is 0.265 e. The number of anilines is 1. The minimum Gasteiger partial charge on any atom is -0.497 e. The maximum Gasteiger partial charge on any atom is 0.265 e. The predicted molar refractivity (Wildman–Crippen MR) is 168 cm³/mol. The molecule has 12 heteroatoms. The number of hydrogen-bond donors (Lipinski definition) is 1. The summed E-state index contributed by atoms with van der Waals surface area (Å²) in [7, 11) is 1.26. The molecule has 0 unspecified atom stereocenters. The van der Waals surface area contributed by atoms with Crippen LogP contribution in [0.4, 0.5) is 5.69 Å². The van der Waals surface area contributed by atoms with E-state index in [-0.39, 0.29) is 40.6 Å². The molecule has 3 aromatic rings. The van der Waals surface area contributed by atoms with Gasteiger partial charge in [-0.3, -0.25) is 13.9 Å². The molecule has 0 spiro atoms. The van der Waals surface area contributed by atoms with Crippen molar-refractivity contribution in [3.63, 3.8) is 0 Å². The number of carbonyl (C=O) groups is 2. The van der Waals surface area contributed by atoms with Gasteiger partial charge in [0.1, 0.15) is 24.1 Å². The van der Waals surface area contributed by atoms with E-state index >= 15 is 0 Å². The van der Waals surface area contributed by atoms with E-state index < -0.39 is 28.5 Å². The molecule has 3 aromatic carbocycles. The summed E-state index contributed by atoms with van der Waals surface area (Å²) in [4.78, 5) is 28.6. The zero-order chi connectivity index (χ0) is 32.6. The van der Waals surface area contributed by atoms with E-state index in [1.54, 1.807) is 19.1 Å². The summed E-state index contributed by atoms with van der Waals surface area (Å²) < 4.78 is 51.2. The Morgan fingerprint density at radius 1 is 0.795 bits per heavy atom. The van der Waals surface area contributed by atoms with Crippen molar-refractivity contribution < 1.29 is 37.0 Å². The van der Waals surface area contributed by atoms with Crippen molar-refractivity contribution in [3.8, 4) is 23.0 Å². The van der Waals surface area contributed by atoms with E-state index in [2.05, 4.69) is 5.32 Å². The topological polar surface area (TPSA) is 124 Å². The van der Waals surface area contributed by atoms with Gasteiger partial charge in [-0.15, -0.1) is 0 Å². The van der Waals surface area contributed by atoms with Gasteiger partial charge in [0.15, 0.2) is 11.5 Å². The van der Waals surface area contributed by atoms with Gasteiger partial charge in [-0.2, -0.15) is 0 Å². The molecule has 11 nitrogen and oxygen atoms in total. The molecule has 1 N–H and O–H groups in total. The van der Waals surface area contributed by atoms with Gasteiger partial charge in [0.25, 0.3) is 10.0 Å². The first kappa shape index (κ1) is 34.0. The van der Waals surface area contributed by atoms with Crippen molar-refractivity contribution in [1.29, 1.82) is 0 Å². The molecule has 0 bridgehead atoms. The summed E-state index contributed by atoms with van der Waals surface area (Å²) in [6, 6.07) is 15.3. The SMILES string of the molecule is COc1ccc(OC)c(N(CC(=O)N(Cc2ccc(C)cc2)[C@@H](C)C(=O)NC(C)C)S(=O)(=O)c2ccc(OC)c(OC)c2)c1. The Labute approximate surface area is 259 Å². The van der Waals surface area contributed by atoms with Gasteiger partial charge >= 0.3 is 0 Å². The monoisotopic (exact) mass is 627 g/mol. The second-order valence-corrected chi connectivity index (χ2v) is 12.3. The molecule has 0 aliphatic rings. The van der Waals surface area contributed by atoms with Crippen LogP contribution in [0.5, 0.6) is 23.0 Å². The Balaban J connectivity index is 2.17. The number of methoxy groups -OCH3 is 4. The molecule has 0 aromatic heterocycles. The van der Waals surface area contributed by atoms with Crippen molar-refractivity contribution in [1.82, 2.24) is 10.2 Å². The zero-order valence-corrected chi connectivity index (χ0v) is 27.2. The van der Waals surface area contributed by atoms with Crippen molar-refractivity contribution in [2.75, 3.05) is 39.3 Å². The quantitative estimate of drug-likeness (QED) is 0.283. The van der Waals surface area contributed by atoms with Crippen LogP contribution in [0.25, 0.3) is 0 Å². The summed E-state index contributed by atoms with van der Waals surface area (Å²) in [5.74, 6) is 0.0969. The summed E-state index contributed by atoms with van der Waals surface area (Å²) in [6.45, 7) is 6.64. The number of carbonyl (C=O) groups excluding carboxylic acids is 2. The lowest BCUT2D eigenvalue weighted by atomic mass is 10.1. The van der Waals surface area contributed by atoms with E-state index in [0.29, 0.717) is 11.5 Å². The second-order valence-electron chi connectivity index (χ2n) is 10.4. The van der Waals surface area contributed by atoms with Crippen LogP contribution in [0.3, 0.4) is 0 Å². The van der Waals surface area contributed by atoms with Gasteiger partial charge in [-0.05, 0) is 57.5 Å². The van der Waals surface area contributed by atoms with Gasteiger partial charge < -0.3 is 29.2 Å². The molecule has 0 aliphatic carbocycles. The number of benzene rings is 3. The molecule has 44 heavy (non-hydrogen) atoms. The van der Waals surface area contributed by atoms with Gasteiger partial charge in [0.05, 0.1) is 39.0 Å². The molecule has 3 rings (SSSR count). The number of aryl methyl sites for hydroxylation is 1. The maximum absolute atomic E-state index is 14.4. The average molecular weight is 628 g/mol. The number of rotatable bonds is 14. The Hall–Kier alpha value is -4.45. The molecule has 0 heterocycles. The fourth-order valence-electron chi connectivity index (χ4n) is 4.49. The van der Waals surface area contributed by atoms with E-state index in [9.17, 15) is 18.0 Å². The minimum absolute atomic E-state index is 0.0737. The van der Waals surface area contributed by atoms with Crippen molar-refractivity contribution >= 4 is 27.5 Å². The van der Waals surface area contributed by atoms with E-state index in [1.807, 2.05) is 45.0 Å². The van der Waals surface area contributed by atoms with Crippen LogP contribution < -0.4 is 28.6 Å². The van der Waals surface area contributed by atoms with E-state index in [4.69, 9.17) is 18.9 Å². The number of sulfonamides is 1. The highest BCUT2D eigenvalue weighted by atomic mass is 32.2. The highest BCUT2D eigenvalue weighted by molar-refractivity contribution is 7.92. The predicted octanol–water partition coefficient (Wildman–Crippen LogP) is 4.17. The van der Waals surface area contributed by atoms with Gasteiger partial charge in [0, 0.05) is 24.7 Å². The summed E-state index contributed by atoms with van der Waals surface area (Å²) in [5, 5.41) is 2.84. The number of ether oxygens (including phenoxy) is 4. The third kappa shape index (κ3) is 7.93. The fourth-order valence-corrected chi connectivity index (χ4v) is 5.92. The third-order valence-corrected chi connectivity index (χ3v) is 8.70. The molecular weight excluding hydrogens is 586 g/mol. The van der Waals surface area contributed by atoms with Gasteiger partial charge in [-0.1, -0.05) is 29.8 Å². The number of amides is 2. The summed E-state index contributed by atoms with van der Waals surface area (Å²) in [6.07, 6.45) is 0. The molecule has 0 saturated heterocycles. The van der Waals surface area contributed by atoms with Gasteiger partial charge in [0.2, 0.25) is 11.8 Å². The Morgan fingerprint density at radius 2 is 1.41 bits per heavy atom. The van der Waals surface area contributed by atoms with Gasteiger partial charge in [-0.25, -0.2) is 8.42 Å². The molecule has 0 saturated carbocycles. The Bertz CT molecular complexity index is 1560. The lowest BCUT2D eigenvalue weighted by Crippen LogP contribution is -2.52. The molecule has 0 aliphatic heterocycles. The zero-order valence-electron chi connectivity index (χ0n) is 26.4. The Morgan fingerprint density at radius 3 is 1.98 bits per heavy atom. The van der Waals surface area contributed by atoms with Crippen LogP contribution in [0.2, 0.25) is 0 Å². The first-order valence-corrected chi connectivity index (χ1v) is 15.4. The van der Waals surface area contributed by atoms with Crippen LogP contribution in [0.1, 0.15) is 31.9 Å². The molecule has 0 fully saturated rings. The van der Waals surface area contributed by atoms with Crippen LogP contribution in [-0.2, 0) is 26.2 Å². The highest BCUT2D eigenvalue weighted by Gasteiger charge is 2.34. The average Bonchev–Trinajstić information content (AvgIpc) is 3.01. The van der Waals surface area contributed by atoms with Crippen LogP contribution >= 0.6 is 0 Å². The molecular formula is C32H41N3O8S. The van der Waals surface area contributed by atoms with E-state index in [1.165, 1.54) is 57.6 Å². The van der Waals surface area contributed by atoms with Crippen LogP contribution in [0, 0.1) is 6.92 Å². The summed E-state index contributed by atoms with van der Waals surface area (Å²) >= 11 is 0. The Kier molecular flexibility index (Phi) is 11.5. The third-order valence-electron chi connectivity index (χ3n) is 6.95. The molecule has 0 radical (unpaired) electrons. The first-order chi connectivity index (χ1) is 20.9. The number of hydrogen-bond acceptors (Lipinski definition) is 8. The van der Waals surface area contributed by atoms with Crippen molar-refractivity contribution in [3.05, 3.63) is 71.8 Å². The maximum atomic E-state index is 14.4. The lowest BCUT2D eigenvalue weighted by Gasteiger charge is -2.32. The molecule has 2 amide bonds. The van der Waals surface area contributed by atoms with Crippen LogP contribution in [0.15, 0.2) is 65.6 Å². The molecule has 238 valence electrons. The number of nitrogens with one attached hydrogen (secondary N) is 1. The van der Waals surface area contributed by atoms with Crippen molar-refractivity contribution in [2.45, 2.75) is 51.2 Å². The largest absolute Gasteiger partial charge is 0.497 e. The van der Waals surface area contributed by atoms with Crippen molar-refractivity contribution in [2.24, 2.45) is 0 Å². The summed E-state index contributed by atoms with van der Waals surface area (Å²) in [5.41, 5.74) is 1.89. The normalized spacial score (nSPS) is 11.8. The lowest BCUT2D eigenvalue weighted by molar-refractivity contribution is -0.139. The molecule has 1 atom stereocenters. The second kappa shape index (κ2) is 14.8. The first-order valence-electron chi connectivity index (χ1n) is 14.0. The minimum atomic E-state index is -4.43. The fraction of sp³-hybridized carbons (Fsp3) is 0.375. The number of nitrogens with zero attached hydrogens (tertiary/aromatic N) is 2. The standard InChI is InChI=1S/C32H41N3O8S/c1-21(2)33-32(37)23(4)34(19-24-11-9-22(3)10-12-24)31(36)20-35(27-17-25(40-5)13-15-28(27)41-6)44(38,39)26-14-16-29(42-7)30(18-26)43-8/h9-18,21,23H,19-20H2,1-8H3,(H,33,37)/t23-/m0/s1.